The molecule has 5 heteroatoms. The van der Waals surface area contributed by atoms with Crippen molar-refractivity contribution in [2.24, 2.45) is 4.99 Å². The van der Waals surface area contributed by atoms with Gasteiger partial charge in [0.25, 0.3) is 0 Å². The van der Waals surface area contributed by atoms with Gasteiger partial charge in [0.1, 0.15) is 12.3 Å². The maximum Gasteiger partial charge on any atom is 0.217 e. The monoisotopic (exact) mass is 285 g/mol. The highest BCUT2D eigenvalue weighted by Gasteiger charge is 2.28. The van der Waals surface area contributed by atoms with Gasteiger partial charge >= 0.3 is 0 Å². The minimum Gasteiger partial charge on any atom is -0.475 e. The van der Waals surface area contributed by atoms with Gasteiger partial charge in [0, 0.05) is 12.6 Å². The molecule has 1 aliphatic rings. The van der Waals surface area contributed by atoms with E-state index in [-0.39, 0.29) is 12.7 Å². The Kier molecular flexibility index (Phi) is 3.12. The molecule has 0 saturated carbocycles. The molecule has 0 bridgehead atoms. The molecule has 0 unspecified atom stereocenters. The Balaban J connectivity index is 0.00000176. The fourth-order valence-corrected chi connectivity index (χ4v) is 2.36. The molecule has 0 aliphatic carbocycles. The van der Waals surface area contributed by atoms with Crippen molar-refractivity contribution < 1.29 is 11.0 Å². The Morgan fingerprint density at radius 1 is 1.43 bits per heavy atom. The average Bonchev–Trinajstić information content (AvgIpc) is 3.07. The molecule has 0 radical (unpaired) electrons. The van der Waals surface area contributed by atoms with Gasteiger partial charge in [-0.05, 0) is 32.4 Å². The third-order valence-corrected chi connectivity index (χ3v) is 3.52. The highest BCUT2D eigenvalue weighted by atomic mass is 16.5. The molecule has 0 spiro atoms. The minimum atomic E-state index is -0.217. The lowest BCUT2D eigenvalue weighted by Crippen LogP contribution is -2.17. The van der Waals surface area contributed by atoms with Gasteiger partial charge in [-0.25, -0.2) is 9.98 Å². The first-order valence-corrected chi connectivity index (χ1v) is 6.84. The van der Waals surface area contributed by atoms with Gasteiger partial charge in [0.2, 0.25) is 11.7 Å². The largest absolute Gasteiger partial charge is 0.475 e. The van der Waals surface area contributed by atoms with Crippen molar-refractivity contribution in [3.8, 4) is 0 Å². The Morgan fingerprint density at radius 3 is 2.86 bits per heavy atom. The maximum atomic E-state index is 12.5. The smallest absolute Gasteiger partial charge is 0.217 e. The van der Waals surface area contributed by atoms with Gasteiger partial charge < -0.3 is 9.72 Å². The number of carbonyl (C=O) groups is 1. The number of benzene rings is 1. The number of carbonyl (C=O) groups excluding carboxylic acids is 1. The van der Waals surface area contributed by atoms with Crippen LogP contribution in [0, 0.1) is 6.92 Å². The van der Waals surface area contributed by atoms with Crippen molar-refractivity contribution in [1.82, 2.24) is 9.97 Å². The molecule has 5 nitrogen and oxygen atoms in total. The number of aromatic amines is 1. The summed E-state index contributed by atoms with van der Waals surface area (Å²) >= 11 is 0. The van der Waals surface area contributed by atoms with E-state index in [1.807, 2.05) is 39.0 Å². The van der Waals surface area contributed by atoms with E-state index in [2.05, 4.69) is 15.0 Å². The summed E-state index contributed by atoms with van der Waals surface area (Å²) in [6.07, 6.45) is 3.03. The van der Waals surface area contributed by atoms with Crippen molar-refractivity contribution >= 4 is 11.7 Å². The summed E-state index contributed by atoms with van der Waals surface area (Å²) in [5.41, 5.74) is 2.63. The van der Waals surface area contributed by atoms with Crippen LogP contribution >= 0.6 is 0 Å². The third-order valence-electron chi connectivity index (χ3n) is 3.52. The molecule has 0 fully saturated rings. The number of aromatic nitrogens is 2. The first-order valence-electron chi connectivity index (χ1n) is 6.84. The summed E-state index contributed by atoms with van der Waals surface area (Å²) in [5.74, 6) is 0.529. The summed E-state index contributed by atoms with van der Waals surface area (Å²) in [6, 6.07) is 5.59. The molecule has 0 atom stereocenters. The maximum absolute atomic E-state index is 12.5. The zero-order valence-corrected chi connectivity index (χ0v) is 12.3. The number of rotatable bonds is 3. The zero-order chi connectivity index (χ0) is 15.0. The van der Waals surface area contributed by atoms with Crippen molar-refractivity contribution in [3.63, 3.8) is 0 Å². The van der Waals surface area contributed by atoms with Crippen LogP contribution in [0.25, 0.3) is 0 Å². The lowest BCUT2D eigenvalue weighted by molar-refractivity contribution is 0.103. The lowest BCUT2D eigenvalue weighted by Gasteiger charge is -2.09. The van der Waals surface area contributed by atoms with E-state index in [1.54, 1.807) is 0 Å². The SMILES string of the molecule is Cc1c(C(=O)c2cnc[nH]2)cccc1C1=NC(C)(C)CO1.[HH]. The normalized spacial score (nSPS) is 16.4. The fourth-order valence-electron chi connectivity index (χ4n) is 2.36. The van der Waals surface area contributed by atoms with Gasteiger partial charge in [-0.15, -0.1) is 0 Å². The summed E-state index contributed by atoms with van der Waals surface area (Å²) in [5, 5.41) is 0. The number of hydrogen-bond acceptors (Lipinski definition) is 4. The number of nitrogens with one attached hydrogen (secondary N) is 1. The predicted molar refractivity (Wildman–Crippen MR) is 81.9 cm³/mol. The molecule has 0 saturated heterocycles. The second-order valence-corrected chi connectivity index (χ2v) is 5.79. The molecule has 110 valence electrons. The summed E-state index contributed by atoms with van der Waals surface area (Å²) in [4.78, 5) is 23.8. The standard InChI is InChI=1S/C16H17N3O2.H2/c1-10-11(14(20)13-7-17-9-18-13)5-4-6-12(10)15-19-16(2,3)8-21-15;/h4-7,9H,8H2,1-3H3,(H,17,18);1H. The quantitative estimate of drug-likeness (QED) is 0.882. The molecule has 1 aromatic carbocycles. The van der Waals surface area contributed by atoms with E-state index < -0.39 is 0 Å². The van der Waals surface area contributed by atoms with E-state index in [0.29, 0.717) is 23.8 Å². The Morgan fingerprint density at radius 2 is 2.24 bits per heavy atom. The fraction of sp³-hybridized carbons (Fsp3) is 0.312. The van der Waals surface area contributed by atoms with Gasteiger partial charge in [0.05, 0.1) is 18.1 Å². The van der Waals surface area contributed by atoms with Gasteiger partial charge in [0.15, 0.2) is 0 Å². The van der Waals surface area contributed by atoms with Crippen LogP contribution in [0.15, 0.2) is 35.7 Å². The van der Waals surface area contributed by atoms with Crippen molar-refractivity contribution in [1.29, 1.82) is 0 Å². The molecular formula is C16H19N3O2. The van der Waals surface area contributed by atoms with Gasteiger partial charge in [-0.3, -0.25) is 4.79 Å². The van der Waals surface area contributed by atoms with E-state index in [9.17, 15) is 4.79 Å². The van der Waals surface area contributed by atoms with Crippen LogP contribution in [-0.2, 0) is 4.74 Å². The van der Waals surface area contributed by atoms with Gasteiger partial charge in [-0.2, -0.15) is 0 Å². The van der Waals surface area contributed by atoms with Crippen LogP contribution in [0.1, 0.15) is 42.5 Å². The number of nitrogens with zero attached hydrogens (tertiary/aromatic N) is 2. The topological polar surface area (TPSA) is 67.3 Å². The van der Waals surface area contributed by atoms with Crippen LogP contribution in [0.3, 0.4) is 0 Å². The zero-order valence-electron chi connectivity index (χ0n) is 12.3. The van der Waals surface area contributed by atoms with E-state index in [0.717, 1.165) is 11.1 Å². The number of ether oxygens (including phenoxy) is 1. The van der Waals surface area contributed by atoms with E-state index in [4.69, 9.17) is 4.74 Å². The average molecular weight is 285 g/mol. The predicted octanol–water partition coefficient (Wildman–Crippen LogP) is 2.75. The Labute approximate surface area is 124 Å². The Hall–Kier alpha value is -2.43. The van der Waals surface area contributed by atoms with Crippen LogP contribution < -0.4 is 0 Å². The molecule has 0 amide bonds. The Bertz CT molecular complexity index is 721. The van der Waals surface area contributed by atoms with Crippen molar-refractivity contribution in [2.45, 2.75) is 26.3 Å². The second-order valence-electron chi connectivity index (χ2n) is 5.79. The molecule has 2 aromatic rings. The van der Waals surface area contributed by atoms with E-state index >= 15 is 0 Å². The van der Waals surface area contributed by atoms with Crippen molar-refractivity contribution in [2.75, 3.05) is 6.61 Å². The summed E-state index contributed by atoms with van der Waals surface area (Å²) in [7, 11) is 0. The highest BCUT2D eigenvalue weighted by Crippen LogP contribution is 2.24. The molecule has 1 aliphatic heterocycles. The second kappa shape index (κ2) is 4.84. The lowest BCUT2D eigenvalue weighted by atomic mass is 9.98. The number of imidazole rings is 1. The molecule has 1 aromatic heterocycles. The first-order chi connectivity index (χ1) is 9.98. The number of ketones is 1. The van der Waals surface area contributed by atoms with Crippen LogP contribution in [0.4, 0.5) is 0 Å². The number of aliphatic imine (C=N–C) groups is 1. The van der Waals surface area contributed by atoms with E-state index in [1.165, 1.54) is 12.5 Å². The van der Waals surface area contributed by atoms with Crippen LogP contribution in [0.5, 0.6) is 0 Å². The van der Waals surface area contributed by atoms with Crippen molar-refractivity contribution in [3.05, 3.63) is 53.1 Å². The first kappa shape index (κ1) is 13.5. The minimum absolute atomic E-state index is 0. The molecular weight excluding hydrogens is 266 g/mol. The third kappa shape index (κ3) is 2.46. The number of hydrogen-bond donors (Lipinski definition) is 1. The number of H-pyrrole nitrogens is 1. The molecule has 21 heavy (non-hydrogen) atoms. The molecule has 1 N–H and O–H groups in total. The summed E-state index contributed by atoms with van der Waals surface area (Å²) in [6.45, 7) is 6.51. The van der Waals surface area contributed by atoms with Gasteiger partial charge in [-0.1, -0.05) is 12.1 Å². The molecule has 3 rings (SSSR count). The summed E-state index contributed by atoms with van der Waals surface area (Å²) < 4.78 is 5.68. The van der Waals surface area contributed by atoms with Crippen LogP contribution in [0.2, 0.25) is 0 Å². The highest BCUT2D eigenvalue weighted by molar-refractivity contribution is 6.10. The van der Waals surface area contributed by atoms with Crippen LogP contribution in [-0.4, -0.2) is 33.8 Å². The molecule has 2 heterocycles.